The first-order valence-electron chi connectivity index (χ1n) is 23.8. The maximum absolute atomic E-state index is 9.59. The topological polar surface area (TPSA) is 76.7 Å². The lowest BCUT2D eigenvalue weighted by Gasteiger charge is -2.17. The number of hydrogen-bond donors (Lipinski definition) is 0. The highest BCUT2D eigenvalue weighted by Gasteiger charge is 2.22. The minimum Gasteiger partial charge on any atom is -0.309 e. The fourth-order valence-electron chi connectivity index (χ4n) is 10.1. The minimum absolute atomic E-state index is 0.544. The smallest absolute Gasteiger partial charge is 0.187 e. The molecule has 3 aromatic heterocycles. The molecule has 0 amide bonds. The highest BCUT2D eigenvalue weighted by molar-refractivity contribution is 6.13. The van der Waals surface area contributed by atoms with Gasteiger partial charge in [0, 0.05) is 43.9 Å². The standard InChI is InChI=1S/C65H39N7/c1-67-51-31-25-44(26-32-51)48-28-35-61-56(38-48)55-37-47(43-23-21-42(41-66)22-24-43)27-34-60(55)72(61)62-36-30-50(49-29-33-59-54(39-49)53-19-11-12-20-58(53)71(59)52-17-9-4-10-18-52)40-57(62)65-69-63(45-13-5-2-6-14-45)68-64(70-65)46-15-7-3-8-16-46/h2-40H. The molecule has 72 heavy (non-hydrogen) atoms. The second kappa shape index (κ2) is 17.4. The third kappa shape index (κ3) is 7.25. The van der Waals surface area contributed by atoms with Crippen molar-refractivity contribution in [3.63, 3.8) is 0 Å². The second-order valence-electron chi connectivity index (χ2n) is 17.8. The van der Waals surface area contributed by atoms with Crippen molar-refractivity contribution in [1.82, 2.24) is 24.1 Å². The van der Waals surface area contributed by atoms with E-state index in [1.165, 1.54) is 5.39 Å². The fourth-order valence-corrected chi connectivity index (χ4v) is 10.1. The SMILES string of the molecule is [C-]#[N+]c1ccc(-c2ccc3c(c2)c2cc(-c4ccc(C#N)cc4)ccc2n3-c2ccc(-c3ccc4c(c3)c3ccccc3n4-c3ccccc3)cc2-c2nc(-c3ccccc3)nc(-c3ccccc3)n2)cc1. The number of para-hydroxylation sites is 2. The number of hydrogen-bond acceptors (Lipinski definition) is 4. The lowest BCUT2D eigenvalue weighted by Crippen LogP contribution is -2.04. The zero-order valence-corrected chi connectivity index (χ0v) is 38.6. The molecular formula is C65H39N7. The van der Waals surface area contributed by atoms with Gasteiger partial charge in [0.2, 0.25) is 0 Å². The van der Waals surface area contributed by atoms with Gasteiger partial charge < -0.3 is 9.13 Å². The van der Waals surface area contributed by atoms with Gasteiger partial charge in [0.05, 0.1) is 46.0 Å². The molecule has 0 aliphatic rings. The molecule has 13 rings (SSSR count). The molecule has 3 heterocycles. The lowest BCUT2D eigenvalue weighted by atomic mass is 9.99. The molecule has 334 valence electrons. The van der Waals surface area contributed by atoms with Crippen LogP contribution in [0.5, 0.6) is 0 Å². The molecule has 13 aromatic rings. The molecule has 7 heteroatoms. The van der Waals surface area contributed by atoms with Gasteiger partial charge in [0.1, 0.15) is 0 Å². The van der Waals surface area contributed by atoms with Crippen LogP contribution in [-0.2, 0) is 0 Å². The Balaban J connectivity index is 1.08. The van der Waals surface area contributed by atoms with E-state index >= 15 is 0 Å². The third-order valence-corrected chi connectivity index (χ3v) is 13.6. The Bertz CT molecular complexity index is 4140. The van der Waals surface area contributed by atoms with Gasteiger partial charge in [-0.15, -0.1) is 0 Å². The average Bonchev–Trinajstić information content (AvgIpc) is 3.97. The van der Waals surface area contributed by atoms with Crippen molar-refractivity contribution in [2.45, 2.75) is 0 Å². The summed E-state index contributed by atoms with van der Waals surface area (Å²) in [5, 5.41) is 14.1. The summed E-state index contributed by atoms with van der Waals surface area (Å²) in [5.74, 6) is 1.70. The number of aromatic nitrogens is 5. The van der Waals surface area contributed by atoms with Crippen molar-refractivity contribution in [2.75, 3.05) is 0 Å². The normalized spacial score (nSPS) is 11.3. The van der Waals surface area contributed by atoms with E-state index in [0.717, 1.165) is 99.7 Å². The second-order valence-corrected chi connectivity index (χ2v) is 17.8. The van der Waals surface area contributed by atoms with Gasteiger partial charge in [-0.1, -0.05) is 158 Å². The summed E-state index contributed by atoms with van der Waals surface area (Å²) in [5.41, 5.74) is 16.3. The van der Waals surface area contributed by atoms with Crippen molar-refractivity contribution >= 4 is 49.3 Å². The molecule has 0 saturated carbocycles. The van der Waals surface area contributed by atoms with Crippen LogP contribution < -0.4 is 0 Å². The molecular weight excluding hydrogens is 879 g/mol. The molecule has 0 radical (unpaired) electrons. The molecule has 0 bridgehead atoms. The Hall–Kier alpha value is -10.2. The van der Waals surface area contributed by atoms with Crippen LogP contribution in [0.3, 0.4) is 0 Å². The maximum Gasteiger partial charge on any atom is 0.187 e. The van der Waals surface area contributed by atoms with Gasteiger partial charge >= 0.3 is 0 Å². The summed E-state index contributed by atoms with van der Waals surface area (Å²) in [6, 6.07) is 83.7. The Morgan fingerprint density at radius 3 is 1.36 bits per heavy atom. The molecule has 0 saturated heterocycles. The van der Waals surface area contributed by atoms with E-state index in [1.807, 2.05) is 109 Å². The first-order chi connectivity index (χ1) is 35.6. The van der Waals surface area contributed by atoms with Gasteiger partial charge in [0.15, 0.2) is 23.2 Å². The van der Waals surface area contributed by atoms with E-state index in [9.17, 15) is 5.26 Å². The molecule has 10 aromatic carbocycles. The highest BCUT2D eigenvalue weighted by atomic mass is 15.1. The van der Waals surface area contributed by atoms with E-state index in [1.54, 1.807) is 0 Å². The quantitative estimate of drug-likeness (QED) is 0.142. The monoisotopic (exact) mass is 917 g/mol. The van der Waals surface area contributed by atoms with Gasteiger partial charge in [-0.2, -0.15) is 5.26 Å². The molecule has 0 aliphatic heterocycles. The third-order valence-electron chi connectivity index (χ3n) is 13.6. The van der Waals surface area contributed by atoms with E-state index in [0.29, 0.717) is 28.7 Å². The Labute approximate surface area is 415 Å². The van der Waals surface area contributed by atoms with Crippen molar-refractivity contribution < 1.29 is 0 Å². The minimum atomic E-state index is 0.544. The molecule has 7 nitrogen and oxygen atoms in total. The van der Waals surface area contributed by atoms with Crippen LogP contribution in [-0.4, -0.2) is 24.1 Å². The summed E-state index contributed by atoms with van der Waals surface area (Å²) in [6.45, 7) is 7.55. The zero-order valence-electron chi connectivity index (χ0n) is 38.6. The Morgan fingerprint density at radius 2 is 0.792 bits per heavy atom. The van der Waals surface area contributed by atoms with Crippen molar-refractivity contribution in [1.29, 1.82) is 5.26 Å². The van der Waals surface area contributed by atoms with E-state index in [4.69, 9.17) is 21.5 Å². The predicted molar refractivity (Wildman–Crippen MR) is 292 cm³/mol. The van der Waals surface area contributed by atoms with Crippen LogP contribution in [0.1, 0.15) is 5.56 Å². The van der Waals surface area contributed by atoms with Gasteiger partial charge in [-0.05, 0) is 112 Å². The molecule has 0 atom stereocenters. The summed E-state index contributed by atoms with van der Waals surface area (Å²) < 4.78 is 4.68. The van der Waals surface area contributed by atoms with Crippen LogP contribution >= 0.6 is 0 Å². The number of fused-ring (bicyclic) bond motifs is 6. The number of nitriles is 1. The summed E-state index contributed by atoms with van der Waals surface area (Å²) >= 11 is 0. The van der Waals surface area contributed by atoms with Gasteiger partial charge in [0.25, 0.3) is 0 Å². The highest BCUT2D eigenvalue weighted by Crippen LogP contribution is 2.42. The first kappa shape index (κ1) is 41.9. The molecule has 0 aliphatic carbocycles. The molecule has 0 unspecified atom stereocenters. The van der Waals surface area contributed by atoms with Crippen LogP contribution in [0.4, 0.5) is 5.69 Å². The van der Waals surface area contributed by atoms with Crippen molar-refractivity contribution in [3.8, 4) is 85.0 Å². The molecule has 0 spiro atoms. The Morgan fingerprint density at radius 1 is 0.361 bits per heavy atom. The van der Waals surface area contributed by atoms with E-state index in [2.05, 4.69) is 147 Å². The predicted octanol–water partition coefficient (Wildman–Crippen LogP) is 16.5. The lowest BCUT2D eigenvalue weighted by molar-refractivity contribution is 1.06. The summed E-state index contributed by atoms with van der Waals surface area (Å²) in [6.07, 6.45) is 0. The van der Waals surface area contributed by atoms with Gasteiger partial charge in [-0.25, -0.2) is 19.8 Å². The Kier molecular flexibility index (Phi) is 10.1. The summed E-state index contributed by atoms with van der Waals surface area (Å²) in [4.78, 5) is 19.4. The van der Waals surface area contributed by atoms with Crippen molar-refractivity contribution in [2.24, 2.45) is 0 Å². The van der Waals surface area contributed by atoms with Crippen LogP contribution in [0.2, 0.25) is 0 Å². The van der Waals surface area contributed by atoms with E-state index in [-0.39, 0.29) is 0 Å². The molecule has 0 fully saturated rings. The number of rotatable bonds is 8. The first-order valence-corrected chi connectivity index (χ1v) is 23.8. The van der Waals surface area contributed by atoms with E-state index < -0.39 is 0 Å². The largest absolute Gasteiger partial charge is 0.309 e. The van der Waals surface area contributed by atoms with Gasteiger partial charge in [-0.3, -0.25) is 0 Å². The fraction of sp³-hybridized carbons (Fsp3) is 0. The van der Waals surface area contributed by atoms with Crippen LogP contribution in [0.15, 0.2) is 237 Å². The maximum atomic E-state index is 9.59. The number of benzene rings is 10. The summed E-state index contributed by atoms with van der Waals surface area (Å²) in [7, 11) is 0. The number of nitrogens with zero attached hydrogens (tertiary/aromatic N) is 7. The van der Waals surface area contributed by atoms with Crippen LogP contribution in [0.25, 0.3) is 127 Å². The van der Waals surface area contributed by atoms with Crippen LogP contribution in [0, 0.1) is 17.9 Å². The molecule has 0 N–H and O–H groups in total. The van der Waals surface area contributed by atoms with Crippen molar-refractivity contribution in [3.05, 3.63) is 254 Å². The average molecular weight is 918 g/mol. The zero-order chi connectivity index (χ0) is 48.1.